The third kappa shape index (κ3) is 4.65. The monoisotopic (exact) mass is 574 g/mol. The number of aliphatic hydroxyl groups is 2. The van der Waals surface area contributed by atoms with E-state index in [0.29, 0.717) is 11.5 Å². The molecule has 0 heterocycles. The van der Waals surface area contributed by atoms with Crippen LogP contribution in [0.4, 0.5) is 0 Å². The maximum absolute atomic E-state index is 9.65. The Labute approximate surface area is 254 Å². The zero-order chi connectivity index (χ0) is 29.6. The molecule has 214 valence electrons. The van der Waals surface area contributed by atoms with Crippen molar-refractivity contribution in [1.82, 2.24) is 0 Å². The van der Waals surface area contributed by atoms with E-state index in [4.69, 9.17) is 9.47 Å². The molecule has 0 spiro atoms. The molecule has 2 N–H and O–H groups in total. The van der Waals surface area contributed by atoms with Crippen LogP contribution < -0.4 is 9.47 Å². The van der Waals surface area contributed by atoms with Gasteiger partial charge in [-0.15, -0.1) is 0 Å². The van der Waals surface area contributed by atoms with E-state index in [9.17, 15) is 10.2 Å². The van der Waals surface area contributed by atoms with Crippen LogP contribution in [-0.4, -0.2) is 36.6 Å². The molecule has 8 rings (SSSR count). The zero-order valence-corrected chi connectivity index (χ0v) is 24.1. The molecule has 8 aromatic rings. The highest BCUT2D eigenvalue weighted by Gasteiger charge is 2.17. The van der Waals surface area contributed by atoms with Crippen molar-refractivity contribution in [3.05, 3.63) is 121 Å². The summed E-state index contributed by atoms with van der Waals surface area (Å²) >= 11 is 0. The number of hydrogen-bond acceptors (Lipinski definition) is 4. The van der Waals surface area contributed by atoms with Gasteiger partial charge in [0.1, 0.15) is 24.7 Å². The molecule has 0 aliphatic rings. The van der Waals surface area contributed by atoms with Crippen molar-refractivity contribution < 1.29 is 19.7 Å². The van der Waals surface area contributed by atoms with Crippen molar-refractivity contribution >= 4 is 64.6 Å². The third-order valence-electron chi connectivity index (χ3n) is 8.51. The molecule has 0 aromatic heterocycles. The molecular formula is C40H30O4. The molecule has 0 saturated carbocycles. The minimum absolute atomic E-state index is 0.0906. The summed E-state index contributed by atoms with van der Waals surface area (Å²) in [6.07, 6.45) is 0. The van der Waals surface area contributed by atoms with Gasteiger partial charge in [-0.05, 0) is 137 Å². The maximum Gasteiger partial charge on any atom is 0.128 e. The van der Waals surface area contributed by atoms with Crippen LogP contribution in [0.15, 0.2) is 121 Å². The first-order chi connectivity index (χ1) is 21.7. The summed E-state index contributed by atoms with van der Waals surface area (Å²) in [5, 5.41) is 33.1. The fraction of sp³-hybridized carbons (Fsp3) is 0.100. The first-order valence-corrected chi connectivity index (χ1v) is 15.0. The Kier molecular flexibility index (Phi) is 6.52. The summed E-state index contributed by atoms with van der Waals surface area (Å²) in [4.78, 5) is 0. The van der Waals surface area contributed by atoms with Crippen LogP contribution in [0.5, 0.6) is 11.5 Å². The van der Waals surface area contributed by atoms with Gasteiger partial charge in [0.05, 0.1) is 13.2 Å². The lowest BCUT2D eigenvalue weighted by atomic mass is 9.93. The fourth-order valence-electron chi connectivity index (χ4n) is 6.42. The number of benzene rings is 8. The largest absolute Gasteiger partial charge is 0.491 e. The minimum Gasteiger partial charge on any atom is -0.491 e. The lowest BCUT2D eigenvalue weighted by Crippen LogP contribution is -2.05. The van der Waals surface area contributed by atoms with Crippen LogP contribution in [0, 0.1) is 0 Å². The Morgan fingerprint density at radius 2 is 0.614 bits per heavy atom. The van der Waals surface area contributed by atoms with Gasteiger partial charge >= 0.3 is 0 Å². The molecule has 0 aliphatic carbocycles. The summed E-state index contributed by atoms with van der Waals surface area (Å²) in [6, 6.07) is 43.0. The van der Waals surface area contributed by atoms with Crippen molar-refractivity contribution in [2.75, 3.05) is 26.4 Å². The molecule has 0 bridgehead atoms. The van der Waals surface area contributed by atoms with Crippen molar-refractivity contribution in [1.29, 1.82) is 0 Å². The zero-order valence-electron chi connectivity index (χ0n) is 24.1. The molecule has 0 atom stereocenters. The van der Waals surface area contributed by atoms with E-state index in [1.807, 2.05) is 0 Å². The Morgan fingerprint density at radius 1 is 0.341 bits per heavy atom. The van der Waals surface area contributed by atoms with Crippen LogP contribution >= 0.6 is 0 Å². The SMILES string of the molecule is OCCOc1cc2cc3cc4ccccc4cc3cc2cc1-c1cc2cc3cc4ccccc4cc3cc2cc1OCCO. The number of aliphatic hydroxyl groups excluding tert-OH is 2. The van der Waals surface area contributed by atoms with E-state index >= 15 is 0 Å². The highest BCUT2D eigenvalue weighted by atomic mass is 16.5. The van der Waals surface area contributed by atoms with Gasteiger partial charge in [0, 0.05) is 11.1 Å². The normalized spacial score (nSPS) is 11.8. The smallest absolute Gasteiger partial charge is 0.128 e. The van der Waals surface area contributed by atoms with Crippen LogP contribution in [0.25, 0.3) is 75.8 Å². The van der Waals surface area contributed by atoms with Gasteiger partial charge < -0.3 is 19.7 Å². The van der Waals surface area contributed by atoms with Crippen molar-refractivity contribution in [3.8, 4) is 22.6 Å². The highest BCUT2D eigenvalue weighted by Crippen LogP contribution is 2.43. The second-order valence-electron chi connectivity index (χ2n) is 11.3. The molecule has 0 fully saturated rings. The quantitative estimate of drug-likeness (QED) is 0.187. The summed E-state index contributed by atoms with van der Waals surface area (Å²) in [5.74, 6) is 1.35. The van der Waals surface area contributed by atoms with Gasteiger partial charge in [0.2, 0.25) is 0 Å². The molecule has 0 radical (unpaired) electrons. The second-order valence-corrected chi connectivity index (χ2v) is 11.3. The fourth-order valence-corrected chi connectivity index (χ4v) is 6.42. The first kappa shape index (κ1) is 26.5. The predicted octanol–water partition coefficient (Wildman–Crippen LogP) is 9.01. The average molecular weight is 575 g/mol. The van der Waals surface area contributed by atoms with Crippen LogP contribution in [0.2, 0.25) is 0 Å². The molecule has 44 heavy (non-hydrogen) atoms. The van der Waals surface area contributed by atoms with E-state index in [1.54, 1.807) is 0 Å². The van der Waals surface area contributed by atoms with Gasteiger partial charge in [-0.2, -0.15) is 0 Å². The number of rotatable bonds is 7. The van der Waals surface area contributed by atoms with Gasteiger partial charge in [-0.1, -0.05) is 48.5 Å². The van der Waals surface area contributed by atoms with Gasteiger partial charge in [-0.25, -0.2) is 0 Å². The molecule has 0 saturated heterocycles. The average Bonchev–Trinajstić information content (AvgIpc) is 3.05. The number of fused-ring (bicyclic) bond motifs is 6. The van der Waals surface area contributed by atoms with E-state index in [-0.39, 0.29) is 26.4 Å². The standard InChI is InChI=1S/C40H30O4/c41-9-11-43-39-23-35-19-31-15-27-7-3-1-5-25(27)13-29(31)17-33(35)21-37(39)38-22-34-18-30-14-26-6-2-4-8-28(26)16-32(30)20-36(34)24-40(38)44-12-10-42/h1-8,13-24,41-42H,9-12H2. The van der Waals surface area contributed by atoms with Gasteiger partial charge in [-0.3, -0.25) is 0 Å². The van der Waals surface area contributed by atoms with Crippen molar-refractivity contribution in [2.45, 2.75) is 0 Å². The molecule has 8 aromatic carbocycles. The summed E-state index contributed by atoms with van der Waals surface area (Å²) < 4.78 is 12.3. The lowest BCUT2D eigenvalue weighted by Gasteiger charge is -2.18. The summed E-state index contributed by atoms with van der Waals surface area (Å²) in [7, 11) is 0. The first-order valence-electron chi connectivity index (χ1n) is 15.0. The van der Waals surface area contributed by atoms with Crippen molar-refractivity contribution in [3.63, 3.8) is 0 Å². The highest BCUT2D eigenvalue weighted by molar-refractivity contribution is 6.08. The molecule has 4 heteroatoms. The van der Waals surface area contributed by atoms with Crippen LogP contribution in [-0.2, 0) is 0 Å². The molecule has 0 aliphatic heterocycles. The predicted molar refractivity (Wildman–Crippen MR) is 182 cm³/mol. The third-order valence-corrected chi connectivity index (χ3v) is 8.51. The van der Waals surface area contributed by atoms with E-state index in [2.05, 4.69) is 121 Å². The molecular weight excluding hydrogens is 544 g/mol. The number of ether oxygens (including phenoxy) is 2. The number of hydrogen-bond donors (Lipinski definition) is 2. The molecule has 0 amide bonds. The van der Waals surface area contributed by atoms with Gasteiger partial charge in [0.15, 0.2) is 0 Å². The Hall–Kier alpha value is -5.16. The van der Waals surface area contributed by atoms with Crippen LogP contribution in [0.1, 0.15) is 0 Å². The topological polar surface area (TPSA) is 58.9 Å². The molecule has 0 unspecified atom stereocenters. The van der Waals surface area contributed by atoms with E-state index < -0.39 is 0 Å². The van der Waals surface area contributed by atoms with E-state index in [1.165, 1.54) is 32.3 Å². The maximum atomic E-state index is 9.65. The lowest BCUT2D eigenvalue weighted by molar-refractivity contribution is 0.200. The Balaban J connectivity index is 1.36. The van der Waals surface area contributed by atoms with Crippen molar-refractivity contribution in [2.24, 2.45) is 0 Å². The Bertz CT molecular complexity index is 2200. The van der Waals surface area contributed by atoms with E-state index in [0.717, 1.165) is 43.4 Å². The van der Waals surface area contributed by atoms with Crippen LogP contribution in [0.3, 0.4) is 0 Å². The summed E-state index contributed by atoms with van der Waals surface area (Å²) in [6.45, 7) is 0.170. The Morgan fingerprint density at radius 3 is 0.932 bits per heavy atom. The second kappa shape index (κ2) is 10.8. The van der Waals surface area contributed by atoms with Gasteiger partial charge in [0.25, 0.3) is 0 Å². The molecule has 4 nitrogen and oxygen atoms in total. The summed E-state index contributed by atoms with van der Waals surface area (Å²) in [5.41, 5.74) is 1.75. The minimum atomic E-state index is -0.0906.